The van der Waals surface area contributed by atoms with Crippen LogP contribution in [0.2, 0.25) is 5.02 Å². The van der Waals surface area contributed by atoms with Crippen molar-refractivity contribution in [2.45, 2.75) is 57.4 Å². The molecule has 0 atom stereocenters. The van der Waals surface area contributed by atoms with Crippen molar-refractivity contribution in [3.05, 3.63) is 40.5 Å². The van der Waals surface area contributed by atoms with Crippen LogP contribution in [0.15, 0.2) is 29.2 Å². The molecule has 2 aromatic rings. The number of benzene rings is 1. The van der Waals surface area contributed by atoms with Crippen molar-refractivity contribution in [2.24, 2.45) is 0 Å². The fourth-order valence-electron chi connectivity index (χ4n) is 2.62. The fourth-order valence-corrected chi connectivity index (χ4v) is 4.09. The van der Waals surface area contributed by atoms with E-state index in [1.165, 1.54) is 32.4 Å². The lowest BCUT2D eigenvalue weighted by Gasteiger charge is -2.23. The molecule has 30 heavy (non-hydrogen) atoms. The zero-order chi connectivity index (χ0) is 23.1. The van der Waals surface area contributed by atoms with Gasteiger partial charge in [-0.05, 0) is 39.0 Å². The lowest BCUT2D eigenvalue weighted by atomic mass is 9.92. The number of nitrogens with zero attached hydrogens (tertiary/aromatic N) is 3. The number of sulfonamides is 1. The van der Waals surface area contributed by atoms with E-state index in [4.69, 9.17) is 16.4 Å². The first kappa shape index (κ1) is 24.3. The van der Waals surface area contributed by atoms with E-state index in [2.05, 4.69) is 10.4 Å². The number of hydroxylamine groups is 1. The van der Waals surface area contributed by atoms with Crippen LogP contribution in [0.4, 0.5) is 5.82 Å². The zero-order valence-corrected chi connectivity index (χ0v) is 20.1. The second-order valence-electron chi connectivity index (χ2n) is 8.94. The molecule has 0 spiro atoms. The van der Waals surface area contributed by atoms with E-state index in [0.717, 1.165) is 5.69 Å². The Morgan fingerprint density at radius 2 is 1.77 bits per heavy atom. The molecule has 1 N–H and O–H groups in total. The topological polar surface area (TPSA) is 93.5 Å². The van der Waals surface area contributed by atoms with Gasteiger partial charge in [-0.1, -0.05) is 36.8 Å². The van der Waals surface area contributed by atoms with Crippen LogP contribution < -0.4 is 5.32 Å². The van der Waals surface area contributed by atoms with E-state index in [-0.39, 0.29) is 26.4 Å². The lowest BCUT2D eigenvalue weighted by Crippen LogP contribution is -2.28. The average Bonchev–Trinajstić information content (AvgIpc) is 3.05. The summed E-state index contributed by atoms with van der Waals surface area (Å²) in [6.07, 6.45) is 0. The zero-order valence-electron chi connectivity index (χ0n) is 18.6. The SMILES string of the molecule is CON(C)S(=O)(=O)c1cc(C(=O)Nc2cc(C(C)(C)C)nn2C(C)(C)C)ccc1Cl. The minimum absolute atomic E-state index is 0.00907. The number of halogens is 1. The number of hydrogen-bond donors (Lipinski definition) is 1. The number of carbonyl (C=O) groups is 1. The van der Waals surface area contributed by atoms with Crippen LogP contribution in [0, 0.1) is 0 Å². The summed E-state index contributed by atoms with van der Waals surface area (Å²) in [4.78, 5) is 17.5. The summed E-state index contributed by atoms with van der Waals surface area (Å²) in [5, 5.41) is 7.50. The number of anilines is 1. The highest BCUT2D eigenvalue weighted by Gasteiger charge is 2.28. The predicted octanol–water partition coefficient (Wildman–Crippen LogP) is 4.02. The first-order valence-electron chi connectivity index (χ1n) is 9.34. The Bertz CT molecular complexity index is 1050. The summed E-state index contributed by atoms with van der Waals surface area (Å²) < 4.78 is 27.6. The van der Waals surface area contributed by atoms with Crippen molar-refractivity contribution in [2.75, 3.05) is 19.5 Å². The van der Waals surface area contributed by atoms with Gasteiger partial charge in [-0.3, -0.25) is 9.63 Å². The highest BCUT2D eigenvalue weighted by molar-refractivity contribution is 7.89. The van der Waals surface area contributed by atoms with Crippen molar-refractivity contribution in [1.29, 1.82) is 0 Å². The lowest BCUT2D eigenvalue weighted by molar-refractivity contribution is -0.0258. The first-order chi connectivity index (χ1) is 13.6. The van der Waals surface area contributed by atoms with E-state index in [1.54, 1.807) is 4.68 Å². The monoisotopic (exact) mass is 456 g/mol. The number of carbonyl (C=O) groups excluding carboxylic acids is 1. The van der Waals surface area contributed by atoms with E-state index in [0.29, 0.717) is 10.3 Å². The van der Waals surface area contributed by atoms with Gasteiger partial charge in [0, 0.05) is 24.1 Å². The molecule has 0 aliphatic rings. The summed E-state index contributed by atoms with van der Waals surface area (Å²) in [6, 6.07) is 5.89. The Kier molecular flexibility index (Phi) is 6.73. The van der Waals surface area contributed by atoms with E-state index in [9.17, 15) is 13.2 Å². The van der Waals surface area contributed by atoms with Crippen LogP contribution in [-0.2, 0) is 25.8 Å². The number of amides is 1. The molecule has 1 aromatic carbocycles. The quantitative estimate of drug-likeness (QED) is 0.685. The minimum atomic E-state index is -4.01. The first-order valence-corrected chi connectivity index (χ1v) is 11.2. The number of hydrogen-bond acceptors (Lipinski definition) is 5. The smallest absolute Gasteiger partial charge is 0.266 e. The van der Waals surface area contributed by atoms with E-state index in [1.807, 2.05) is 47.6 Å². The Hall–Kier alpha value is -1.94. The Morgan fingerprint density at radius 1 is 1.17 bits per heavy atom. The largest absolute Gasteiger partial charge is 0.307 e. The molecule has 8 nitrogen and oxygen atoms in total. The molecule has 0 aliphatic carbocycles. The van der Waals surface area contributed by atoms with Gasteiger partial charge in [0.1, 0.15) is 10.7 Å². The van der Waals surface area contributed by atoms with Gasteiger partial charge in [-0.25, -0.2) is 13.1 Å². The molecule has 2 rings (SSSR count). The van der Waals surface area contributed by atoms with Crippen LogP contribution in [-0.4, -0.2) is 42.7 Å². The number of aromatic nitrogens is 2. The Labute approximate surface area is 183 Å². The van der Waals surface area contributed by atoms with Gasteiger partial charge < -0.3 is 5.32 Å². The molecule has 0 fully saturated rings. The summed E-state index contributed by atoms with van der Waals surface area (Å²) in [7, 11) is -1.54. The molecule has 0 unspecified atom stereocenters. The van der Waals surface area contributed by atoms with Gasteiger partial charge in [-0.2, -0.15) is 5.10 Å². The molecule has 1 amide bonds. The van der Waals surface area contributed by atoms with Crippen molar-refractivity contribution in [3.8, 4) is 0 Å². The predicted molar refractivity (Wildman–Crippen MR) is 117 cm³/mol. The maximum absolute atomic E-state index is 12.9. The van der Waals surface area contributed by atoms with Gasteiger partial charge in [0.05, 0.1) is 23.4 Å². The van der Waals surface area contributed by atoms with Crippen LogP contribution in [0.5, 0.6) is 0 Å². The number of nitrogens with one attached hydrogen (secondary N) is 1. The summed E-state index contributed by atoms with van der Waals surface area (Å²) >= 11 is 6.08. The molecule has 1 heterocycles. The molecule has 10 heteroatoms. The van der Waals surface area contributed by atoms with Gasteiger partial charge in [0.2, 0.25) is 0 Å². The normalized spacial score (nSPS) is 13.0. The molecule has 0 radical (unpaired) electrons. The maximum Gasteiger partial charge on any atom is 0.266 e. The molecule has 0 saturated heterocycles. The van der Waals surface area contributed by atoms with Crippen LogP contribution in [0.3, 0.4) is 0 Å². The second-order valence-corrected chi connectivity index (χ2v) is 11.3. The number of rotatable bonds is 5. The van der Waals surface area contributed by atoms with Gasteiger partial charge in [-0.15, -0.1) is 0 Å². The third-order valence-corrected chi connectivity index (χ3v) is 6.58. The second kappa shape index (κ2) is 8.30. The van der Waals surface area contributed by atoms with Crippen LogP contribution >= 0.6 is 11.6 Å². The Balaban J connectivity index is 2.47. The highest BCUT2D eigenvalue weighted by Crippen LogP contribution is 2.29. The van der Waals surface area contributed by atoms with Crippen molar-refractivity contribution in [3.63, 3.8) is 0 Å². The maximum atomic E-state index is 12.9. The van der Waals surface area contributed by atoms with Gasteiger partial charge in [0.15, 0.2) is 0 Å². The van der Waals surface area contributed by atoms with Crippen molar-refractivity contribution < 1.29 is 18.0 Å². The molecular formula is C20H29ClN4O4S. The van der Waals surface area contributed by atoms with E-state index >= 15 is 0 Å². The van der Waals surface area contributed by atoms with Crippen LogP contribution in [0.25, 0.3) is 0 Å². The molecular weight excluding hydrogens is 428 g/mol. The summed E-state index contributed by atoms with van der Waals surface area (Å²) in [5.74, 6) is 0.0415. The average molecular weight is 457 g/mol. The van der Waals surface area contributed by atoms with E-state index < -0.39 is 15.9 Å². The summed E-state index contributed by atoms with van der Waals surface area (Å²) in [5.41, 5.74) is 0.388. The molecule has 166 valence electrons. The van der Waals surface area contributed by atoms with Gasteiger partial charge in [0.25, 0.3) is 15.9 Å². The van der Waals surface area contributed by atoms with Crippen LogP contribution in [0.1, 0.15) is 57.6 Å². The molecule has 1 aromatic heterocycles. The van der Waals surface area contributed by atoms with Crippen molar-refractivity contribution >= 4 is 33.3 Å². The standard InChI is InChI=1S/C20H29ClN4O4S/c1-19(2,3)16-12-17(25(23-16)20(4,5)6)22-18(26)13-9-10-14(21)15(11-13)30(27,28)24(7)29-8/h9-12H,1-8H3,(H,22,26). The van der Waals surface area contributed by atoms with Crippen molar-refractivity contribution in [1.82, 2.24) is 14.2 Å². The summed E-state index contributed by atoms with van der Waals surface area (Å²) in [6.45, 7) is 12.1. The molecule has 0 bridgehead atoms. The third-order valence-electron chi connectivity index (χ3n) is 4.42. The minimum Gasteiger partial charge on any atom is -0.307 e. The Morgan fingerprint density at radius 3 is 2.27 bits per heavy atom. The third kappa shape index (κ3) is 5.03. The van der Waals surface area contributed by atoms with Gasteiger partial charge >= 0.3 is 0 Å². The molecule has 0 saturated carbocycles. The fraction of sp³-hybridized carbons (Fsp3) is 0.500. The molecule has 0 aliphatic heterocycles. The highest BCUT2D eigenvalue weighted by atomic mass is 35.5.